The molecule has 42 heavy (non-hydrogen) atoms. The SMILES string of the molecule is C(CCCOCC1CO1)CCOCC1CO1.C1CC(CN(CC2CO2)CC2CO2)CC(CN(CC2CO2)CC2CO2)C1. The van der Waals surface area contributed by atoms with Crippen molar-refractivity contribution in [1.82, 2.24) is 9.80 Å². The van der Waals surface area contributed by atoms with Gasteiger partial charge in [0.25, 0.3) is 0 Å². The monoisotopic (exact) mass is 596 g/mol. The Morgan fingerprint density at radius 3 is 1.14 bits per heavy atom. The van der Waals surface area contributed by atoms with Crippen LogP contribution in [0.1, 0.15) is 51.4 Å². The van der Waals surface area contributed by atoms with Gasteiger partial charge >= 0.3 is 0 Å². The van der Waals surface area contributed by atoms with Gasteiger partial charge in [-0.2, -0.15) is 0 Å². The number of ether oxygens (including phenoxy) is 8. The second-order valence-corrected chi connectivity index (χ2v) is 13.6. The Kier molecular flexibility index (Phi) is 12.6. The second kappa shape index (κ2) is 16.8. The number of hydrogen-bond donors (Lipinski definition) is 0. The van der Waals surface area contributed by atoms with Crippen LogP contribution >= 0.6 is 0 Å². The van der Waals surface area contributed by atoms with Crippen molar-refractivity contribution in [3.8, 4) is 0 Å². The number of rotatable bonds is 23. The minimum atomic E-state index is 0.401. The van der Waals surface area contributed by atoms with Gasteiger partial charge in [-0.1, -0.05) is 19.3 Å². The molecule has 242 valence electrons. The lowest BCUT2D eigenvalue weighted by atomic mass is 9.80. The van der Waals surface area contributed by atoms with E-state index in [1.54, 1.807) is 0 Å². The van der Waals surface area contributed by atoms with E-state index in [4.69, 9.17) is 37.9 Å². The van der Waals surface area contributed by atoms with Gasteiger partial charge in [-0.15, -0.1) is 0 Å². The van der Waals surface area contributed by atoms with E-state index in [1.165, 1.54) is 51.6 Å². The molecule has 7 aliphatic rings. The first-order valence-electron chi connectivity index (χ1n) is 17.0. The highest BCUT2D eigenvalue weighted by Crippen LogP contribution is 2.32. The molecule has 0 radical (unpaired) electrons. The van der Waals surface area contributed by atoms with Crippen LogP contribution in [0.25, 0.3) is 0 Å². The number of unbranched alkanes of at least 4 members (excludes halogenated alkanes) is 3. The summed E-state index contributed by atoms with van der Waals surface area (Å²) in [6.07, 6.45) is 13.1. The van der Waals surface area contributed by atoms with Crippen molar-refractivity contribution < 1.29 is 37.9 Å². The molecule has 8 atom stereocenters. The van der Waals surface area contributed by atoms with E-state index in [0.29, 0.717) is 36.6 Å². The first-order chi connectivity index (χ1) is 20.7. The maximum absolute atomic E-state index is 5.48. The number of nitrogens with zero attached hydrogens (tertiary/aromatic N) is 2. The van der Waals surface area contributed by atoms with Crippen LogP contribution in [0.3, 0.4) is 0 Å². The van der Waals surface area contributed by atoms with Crippen molar-refractivity contribution in [2.75, 3.05) is 105 Å². The zero-order chi connectivity index (χ0) is 28.4. The highest BCUT2D eigenvalue weighted by atomic mass is 16.6. The van der Waals surface area contributed by atoms with Crippen molar-refractivity contribution in [3.05, 3.63) is 0 Å². The van der Waals surface area contributed by atoms with Gasteiger partial charge in [0.2, 0.25) is 0 Å². The highest BCUT2D eigenvalue weighted by molar-refractivity contribution is 4.86. The lowest BCUT2D eigenvalue weighted by Gasteiger charge is -2.35. The zero-order valence-electron chi connectivity index (χ0n) is 25.7. The summed E-state index contributed by atoms with van der Waals surface area (Å²) >= 11 is 0. The molecule has 0 aromatic rings. The fraction of sp³-hybridized carbons (Fsp3) is 1.00. The summed E-state index contributed by atoms with van der Waals surface area (Å²) in [7, 11) is 0. The maximum atomic E-state index is 5.48. The Morgan fingerprint density at radius 2 is 0.810 bits per heavy atom. The molecular weight excluding hydrogens is 540 g/mol. The van der Waals surface area contributed by atoms with E-state index in [1.807, 2.05) is 0 Å². The first kappa shape index (κ1) is 31.6. The number of epoxide rings is 6. The van der Waals surface area contributed by atoms with Crippen LogP contribution in [0.5, 0.6) is 0 Å². The number of hydrogen-bond acceptors (Lipinski definition) is 10. The van der Waals surface area contributed by atoms with Crippen molar-refractivity contribution in [2.45, 2.75) is 88.0 Å². The first-order valence-corrected chi connectivity index (χ1v) is 17.0. The molecule has 7 rings (SSSR count). The van der Waals surface area contributed by atoms with Crippen LogP contribution in [-0.2, 0) is 37.9 Å². The summed E-state index contributed by atoms with van der Waals surface area (Å²) in [6.45, 7) is 15.8. The van der Waals surface area contributed by atoms with Gasteiger partial charge in [0.1, 0.15) is 12.2 Å². The van der Waals surface area contributed by atoms with Gasteiger partial charge < -0.3 is 37.9 Å². The Morgan fingerprint density at radius 1 is 0.452 bits per heavy atom. The molecule has 0 amide bonds. The van der Waals surface area contributed by atoms with Crippen LogP contribution in [-0.4, -0.2) is 152 Å². The average Bonchev–Trinajstić information content (AvgIpc) is 3.76. The van der Waals surface area contributed by atoms with E-state index in [0.717, 1.165) is 117 Å². The molecule has 10 nitrogen and oxygen atoms in total. The second-order valence-electron chi connectivity index (χ2n) is 13.6. The summed E-state index contributed by atoms with van der Waals surface area (Å²) in [5.74, 6) is 1.67. The molecule has 0 spiro atoms. The molecule has 1 aliphatic carbocycles. The summed E-state index contributed by atoms with van der Waals surface area (Å²) in [5, 5.41) is 0. The van der Waals surface area contributed by atoms with E-state index >= 15 is 0 Å². The van der Waals surface area contributed by atoms with Crippen LogP contribution in [0.15, 0.2) is 0 Å². The molecule has 6 heterocycles. The Balaban J connectivity index is 0.000000170. The molecule has 0 bridgehead atoms. The predicted molar refractivity (Wildman–Crippen MR) is 157 cm³/mol. The third-order valence-electron chi connectivity index (χ3n) is 9.12. The van der Waals surface area contributed by atoms with Crippen molar-refractivity contribution in [3.63, 3.8) is 0 Å². The molecule has 8 unspecified atom stereocenters. The summed E-state index contributed by atoms with van der Waals surface area (Å²) in [5.41, 5.74) is 0. The lowest BCUT2D eigenvalue weighted by molar-refractivity contribution is 0.105. The third kappa shape index (κ3) is 14.1. The molecule has 0 aromatic carbocycles. The predicted octanol–water partition coefficient (Wildman–Crippen LogP) is 2.37. The van der Waals surface area contributed by atoms with E-state index in [-0.39, 0.29) is 0 Å². The normalized spacial score (nSPS) is 35.6. The van der Waals surface area contributed by atoms with Gasteiger partial charge in [0, 0.05) is 52.5 Å². The van der Waals surface area contributed by atoms with E-state index in [9.17, 15) is 0 Å². The van der Waals surface area contributed by atoms with Crippen molar-refractivity contribution >= 4 is 0 Å². The summed E-state index contributed by atoms with van der Waals surface area (Å²) in [6, 6.07) is 0. The van der Waals surface area contributed by atoms with Gasteiger partial charge in [0.15, 0.2) is 0 Å². The van der Waals surface area contributed by atoms with Gasteiger partial charge in [-0.05, 0) is 43.9 Å². The minimum absolute atomic E-state index is 0.401. The largest absolute Gasteiger partial charge is 0.379 e. The standard InChI is InChI=1S/C20H34N2O4.C12H22O4/c1-2-15(5-21(7-17-11-23-17)8-18-12-24-18)4-16(3-1)6-22(9-19-13-25-19)10-20-14-26-20;1(3-5-13-7-11-9-15-11)2-4-6-14-8-12-10-16-12/h15-20H,1-14H2;11-12H,1-10H2. The summed E-state index contributed by atoms with van der Waals surface area (Å²) < 4.78 is 42.9. The fourth-order valence-corrected chi connectivity index (χ4v) is 6.28. The van der Waals surface area contributed by atoms with Gasteiger partial charge in [-0.25, -0.2) is 0 Å². The Labute approximate surface area is 252 Å². The third-order valence-corrected chi connectivity index (χ3v) is 9.12. The zero-order valence-corrected chi connectivity index (χ0v) is 25.7. The molecule has 7 fully saturated rings. The van der Waals surface area contributed by atoms with Gasteiger partial charge in [-0.3, -0.25) is 9.80 Å². The maximum Gasteiger partial charge on any atom is 0.104 e. The molecule has 0 aromatic heterocycles. The Hall–Kier alpha value is -0.400. The lowest BCUT2D eigenvalue weighted by Crippen LogP contribution is -2.40. The summed E-state index contributed by atoms with van der Waals surface area (Å²) in [4.78, 5) is 5.24. The fourth-order valence-electron chi connectivity index (χ4n) is 6.28. The highest BCUT2D eigenvalue weighted by Gasteiger charge is 2.35. The topological polar surface area (TPSA) is 100 Å². The average molecular weight is 597 g/mol. The van der Waals surface area contributed by atoms with Crippen LogP contribution in [0.4, 0.5) is 0 Å². The molecule has 6 saturated heterocycles. The van der Waals surface area contributed by atoms with Gasteiger partial charge in [0.05, 0.1) is 77.3 Å². The molecule has 10 heteroatoms. The minimum Gasteiger partial charge on any atom is -0.379 e. The molecule has 0 N–H and O–H groups in total. The molecule has 6 aliphatic heterocycles. The molecule has 1 saturated carbocycles. The smallest absolute Gasteiger partial charge is 0.104 e. The quantitative estimate of drug-likeness (QED) is 0.129. The van der Waals surface area contributed by atoms with Crippen LogP contribution < -0.4 is 0 Å². The van der Waals surface area contributed by atoms with Crippen molar-refractivity contribution in [2.24, 2.45) is 11.8 Å². The van der Waals surface area contributed by atoms with Crippen molar-refractivity contribution in [1.29, 1.82) is 0 Å². The van der Waals surface area contributed by atoms with E-state index < -0.39 is 0 Å². The van der Waals surface area contributed by atoms with Crippen LogP contribution in [0.2, 0.25) is 0 Å². The Bertz CT molecular complexity index is 667. The van der Waals surface area contributed by atoms with E-state index in [2.05, 4.69) is 9.80 Å². The van der Waals surface area contributed by atoms with Crippen LogP contribution in [0, 0.1) is 11.8 Å². The molecular formula is C32H56N2O8.